The Morgan fingerprint density at radius 3 is 2.67 bits per heavy atom. The van der Waals surface area contributed by atoms with Crippen LogP contribution in [0.15, 0.2) is 17.4 Å². The first kappa shape index (κ1) is 16.5. The van der Waals surface area contributed by atoms with Crippen LogP contribution >= 0.6 is 11.8 Å². The molecule has 0 aromatic carbocycles. The number of rotatable bonds is 3. The Labute approximate surface area is 125 Å². The number of nitrogens with zero attached hydrogens (tertiary/aromatic N) is 2. The van der Waals surface area contributed by atoms with Gasteiger partial charge >= 0.3 is 6.18 Å². The van der Waals surface area contributed by atoms with Gasteiger partial charge in [0.1, 0.15) is 15.5 Å². The van der Waals surface area contributed by atoms with E-state index in [4.69, 9.17) is 0 Å². The molecule has 9 heteroatoms. The minimum atomic E-state index is -4.50. The third kappa shape index (κ3) is 4.57. The van der Waals surface area contributed by atoms with Crippen molar-refractivity contribution >= 4 is 21.6 Å². The van der Waals surface area contributed by atoms with Crippen LogP contribution in [0.2, 0.25) is 0 Å². The van der Waals surface area contributed by atoms with Crippen molar-refractivity contribution in [2.75, 3.05) is 6.26 Å². The highest BCUT2D eigenvalue weighted by Gasteiger charge is 2.34. The second-order valence-electron chi connectivity index (χ2n) is 5.08. The topological polar surface area (TPSA) is 59.9 Å². The molecule has 0 radical (unpaired) electrons. The fourth-order valence-electron chi connectivity index (χ4n) is 2.30. The zero-order chi connectivity index (χ0) is 15.7. The number of alkyl halides is 3. The monoisotopic (exact) mass is 340 g/mol. The number of sulfone groups is 1. The van der Waals surface area contributed by atoms with Crippen molar-refractivity contribution < 1.29 is 21.6 Å². The molecule has 0 spiro atoms. The molecule has 2 atom stereocenters. The average Bonchev–Trinajstić information content (AvgIpc) is 2.37. The zero-order valence-corrected chi connectivity index (χ0v) is 12.9. The maximum Gasteiger partial charge on any atom is 0.433 e. The van der Waals surface area contributed by atoms with Crippen LogP contribution in [0.5, 0.6) is 0 Å². The van der Waals surface area contributed by atoms with Gasteiger partial charge in [-0.05, 0) is 25.3 Å². The van der Waals surface area contributed by atoms with E-state index in [1.54, 1.807) is 0 Å². The van der Waals surface area contributed by atoms with Crippen LogP contribution in [0.3, 0.4) is 0 Å². The summed E-state index contributed by atoms with van der Waals surface area (Å²) >= 11 is 1.13. The van der Waals surface area contributed by atoms with E-state index < -0.39 is 27.0 Å². The van der Waals surface area contributed by atoms with Crippen LogP contribution in [0, 0.1) is 0 Å². The summed E-state index contributed by atoms with van der Waals surface area (Å²) in [7, 11) is -3.12. The minimum Gasteiger partial charge on any atom is -0.231 e. The first-order valence-electron chi connectivity index (χ1n) is 6.42. The van der Waals surface area contributed by atoms with Gasteiger partial charge in [0, 0.05) is 17.7 Å². The fourth-order valence-corrected chi connectivity index (χ4v) is 4.79. The highest BCUT2D eigenvalue weighted by atomic mass is 32.2. The summed E-state index contributed by atoms with van der Waals surface area (Å²) in [6.45, 7) is 0. The van der Waals surface area contributed by atoms with Crippen molar-refractivity contribution in [3.8, 4) is 0 Å². The molecule has 0 saturated heterocycles. The van der Waals surface area contributed by atoms with Gasteiger partial charge in [0.15, 0.2) is 5.16 Å². The third-order valence-corrected chi connectivity index (χ3v) is 6.19. The number of thioether (sulfide) groups is 1. The second-order valence-corrected chi connectivity index (χ2v) is 8.67. The van der Waals surface area contributed by atoms with Crippen LogP contribution in [0.1, 0.15) is 31.4 Å². The SMILES string of the molecule is CS(=O)(=O)[C@H]1CCC[C@H](Sc2nccc(C(F)(F)F)n2)C1. The Morgan fingerprint density at radius 1 is 1.33 bits per heavy atom. The Morgan fingerprint density at radius 2 is 2.05 bits per heavy atom. The van der Waals surface area contributed by atoms with E-state index in [1.165, 1.54) is 6.26 Å². The first-order chi connectivity index (χ1) is 9.66. The molecule has 1 saturated carbocycles. The summed E-state index contributed by atoms with van der Waals surface area (Å²) in [4.78, 5) is 7.34. The van der Waals surface area contributed by atoms with Crippen molar-refractivity contribution in [1.82, 2.24) is 9.97 Å². The van der Waals surface area contributed by atoms with Crippen LogP contribution in [0.25, 0.3) is 0 Å². The lowest BCUT2D eigenvalue weighted by molar-refractivity contribution is -0.141. The van der Waals surface area contributed by atoms with Gasteiger partial charge in [-0.15, -0.1) is 0 Å². The maximum absolute atomic E-state index is 12.6. The van der Waals surface area contributed by atoms with E-state index in [1.807, 2.05) is 0 Å². The summed E-state index contributed by atoms with van der Waals surface area (Å²) in [6.07, 6.45) is 0.327. The Balaban J connectivity index is 2.08. The van der Waals surface area contributed by atoms with E-state index in [9.17, 15) is 21.6 Å². The molecule has 1 heterocycles. The lowest BCUT2D eigenvalue weighted by atomic mass is 10.00. The number of aromatic nitrogens is 2. The van der Waals surface area contributed by atoms with Gasteiger partial charge in [-0.3, -0.25) is 0 Å². The van der Waals surface area contributed by atoms with Gasteiger partial charge in [-0.1, -0.05) is 18.2 Å². The highest BCUT2D eigenvalue weighted by molar-refractivity contribution is 7.99. The number of hydrogen-bond donors (Lipinski definition) is 0. The zero-order valence-electron chi connectivity index (χ0n) is 11.3. The van der Waals surface area contributed by atoms with Crippen LogP contribution in [-0.4, -0.2) is 35.1 Å². The molecule has 1 aliphatic rings. The molecule has 0 unspecified atom stereocenters. The van der Waals surface area contributed by atoms with Crippen molar-refractivity contribution in [3.05, 3.63) is 18.0 Å². The molecule has 2 rings (SSSR count). The fraction of sp³-hybridized carbons (Fsp3) is 0.667. The predicted octanol–water partition coefficient (Wildman–Crippen LogP) is 2.94. The average molecular weight is 340 g/mol. The van der Waals surface area contributed by atoms with Crippen molar-refractivity contribution in [2.24, 2.45) is 0 Å². The second kappa shape index (κ2) is 6.12. The molecule has 0 amide bonds. The largest absolute Gasteiger partial charge is 0.433 e. The van der Waals surface area contributed by atoms with E-state index in [0.29, 0.717) is 12.8 Å². The standard InChI is InChI=1S/C12H15F3N2O2S2/c1-21(18,19)9-4-2-3-8(7-9)20-11-16-6-5-10(17-11)12(13,14)15/h5-6,8-9H,2-4,7H2,1H3/t8-,9-/m0/s1. The van der Waals surface area contributed by atoms with Crippen molar-refractivity contribution in [2.45, 2.75) is 47.5 Å². The van der Waals surface area contributed by atoms with E-state index in [2.05, 4.69) is 9.97 Å². The number of hydrogen-bond acceptors (Lipinski definition) is 5. The van der Waals surface area contributed by atoms with Crippen LogP contribution < -0.4 is 0 Å². The molecule has 118 valence electrons. The molecule has 0 N–H and O–H groups in total. The maximum atomic E-state index is 12.6. The smallest absolute Gasteiger partial charge is 0.231 e. The molecule has 4 nitrogen and oxygen atoms in total. The minimum absolute atomic E-state index is 0.0453. The molecule has 21 heavy (non-hydrogen) atoms. The molecule has 0 aliphatic heterocycles. The van der Waals surface area contributed by atoms with E-state index in [-0.39, 0.29) is 10.4 Å². The Bertz CT molecular complexity index is 605. The molecular formula is C12H15F3N2O2S2. The quantitative estimate of drug-likeness (QED) is 0.792. The van der Waals surface area contributed by atoms with Gasteiger partial charge < -0.3 is 0 Å². The molecule has 1 aliphatic carbocycles. The summed E-state index contributed by atoms with van der Waals surface area (Å²) < 4.78 is 60.9. The highest BCUT2D eigenvalue weighted by Crippen LogP contribution is 2.35. The third-order valence-electron chi connectivity index (χ3n) is 3.38. The number of halogens is 3. The van der Waals surface area contributed by atoms with E-state index in [0.717, 1.165) is 36.9 Å². The Kier molecular flexibility index (Phi) is 4.82. The summed E-state index contributed by atoms with van der Waals surface area (Å²) in [5.74, 6) is 0. The first-order valence-corrected chi connectivity index (χ1v) is 9.25. The van der Waals surface area contributed by atoms with Crippen LogP contribution in [0.4, 0.5) is 13.2 Å². The van der Waals surface area contributed by atoms with Gasteiger partial charge in [-0.2, -0.15) is 13.2 Å². The summed E-state index contributed by atoms with van der Waals surface area (Å²) in [5.41, 5.74) is -0.976. The lowest BCUT2D eigenvalue weighted by Gasteiger charge is -2.26. The van der Waals surface area contributed by atoms with Crippen LogP contribution in [-0.2, 0) is 16.0 Å². The predicted molar refractivity (Wildman–Crippen MR) is 73.8 cm³/mol. The molecule has 1 aromatic heterocycles. The molecule has 1 aromatic rings. The van der Waals surface area contributed by atoms with Crippen molar-refractivity contribution in [3.63, 3.8) is 0 Å². The van der Waals surface area contributed by atoms with Gasteiger partial charge in [0.05, 0.1) is 5.25 Å². The van der Waals surface area contributed by atoms with E-state index >= 15 is 0 Å². The van der Waals surface area contributed by atoms with Gasteiger partial charge in [0.25, 0.3) is 0 Å². The van der Waals surface area contributed by atoms with Gasteiger partial charge in [-0.25, -0.2) is 18.4 Å². The molecule has 0 bridgehead atoms. The normalized spacial score (nSPS) is 24.0. The lowest BCUT2D eigenvalue weighted by Crippen LogP contribution is -2.28. The Hall–Kier alpha value is -0.830. The summed E-state index contributed by atoms with van der Waals surface area (Å²) in [6, 6.07) is 0.824. The van der Waals surface area contributed by atoms with Crippen molar-refractivity contribution in [1.29, 1.82) is 0 Å². The van der Waals surface area contributed by atoms with Gasteiger partial charge in [0.2, 0.25) is 0 Å². The molecular weight excluding hydrogens is 325 g/mol. The summed E-state index contributed by atoms with van der Waals surface area (Å²) in [5, 5.41) is -0.444. The molecule has 1 fully saturated rings.